The van der Waals surface area contributed by atoms with Gasteiger partial charge in [-0.3, -0.25) is 14.5 Å². The second-order valence-corrected chi connectivity index (χ2v) is 9.71. The number of thioether (sulfide) groups is 1. The van der Waals surface area contributed by atoms with Gasteiger partial charge < -0.3 is 14.2 Å². The predicted molar refractivity (Wildman–Crippen MR) is 143 cm³/mol. The first-order valence-corrected chi connectivity index (χ1v) is 12.6. The summed E-state index contributed by atoms with van der Waals surface area (Å²) in [4.78, 5) is 26.9. The standard InChI is InChI=1S/C27H23Cl2NO5S/c1-17-5-3-6-19(13-17)34-12-11-30-26(31)25(36-27(30)32)15-18-9-10-23(33-2)24(14-18)35-16-20-21(28)7-4-8-22(20)29/h3-10,13-15H,11-12,16H2,1-2H3/b25-15-. The molecule has 0 N–H and O–H groups in total. The maximum atomic E-state index is 12.9. The molecule has 1 aliphatic heterocycles. The molecule has 1 heterocycles. The molecule has 4 rings (SSSR count). The highest BCUT2D eigenvalue weighted by Gasteiger charge is 2.34. The molecule has 3 aromatic rings. The van der Waals surface area contributed by atoms with Gasteiger partial charge in [0.2, 0.25) is 0 Å². The number of rotatable bonds is 9. The highest BCUT2D eigenvalue weighted by atomic mass is 35.5. The van der Waals surface area contributed by atoms with E-state index >= 15 is 0 Å². The molecule has 186 valence electrons. The van der Waals surface area contributed by atoms with Gasteiger partial charge in [-0.05, 0) is 72.3 Å². The molecule has 0 saturated carbocycles. The normalized spacial score (nSPS) is 14.4. The number of carbonyl (C=O) groups is 2. The van der Waals surface area contributed by atoms with Crippen molar-refractivity contribution in [3.8, 4) is 17.2 Å². The summed E-state index contributed by atoms with van der Waals surface area (Å²) >= 11 is 13.4. The van der Waals surface area contributed by atoms with Crippen LogP contribution in [0.2, 0.25) is 10.0 Å². The summed E-state index contributed by atoms with van der Waals surface area (Å²) in [5.41, 5.74) is 2.40. The van der Waals surface area contributed by atoms with E-state index in [1.807, 2.05) is 31.2 Å². The zero-order chi connectivity index (χ0) is 25.7. The van der Waals surface area contributed by atoms with Gasteiger partial charge in [-0.1, -0.05) is 47.5 Å². The number of halogens is 2. The van der Waals surface area contributed by atoms with Crippen LogP contribution in [0.1, 0.15) is 16.7 Å². The van der Waals surface area contributed by atoms with Crippen molar-refractivity contribution >= 4 is 52.2 Å². The third-order valence-corrected chi connectivity index (χ3v) is 6.98. The highest BCUT2D eigenvalue weighted by Crippen LogP contribution is 2.35. The van der Waals surface area contributed by atoms with Crippen LogP contribution in [0.3, 0.4) is 0 Å². The molecular weight excluding hydrogens is 521 g/mol. The monoisotopic (exact) mass is 543 g/mol. The van der Waals surface area contributed by atoms with Gasteiger partial charge in [0.1, 0.15) is 19.0 Å². The second kappa shape index (κ2) is 11.7. The van der Waals surface area contributed by atoms with Crippen molar-refractivity contribution in [1.82, 2.24) is 4.90 Å². The fraction of sp³-hybridized carbons (Fsp3) is 0.185. The largest absolute Gasteiger partial charge is 0.493 e. The number of nitrogens with zero attached hydrogens (tertiary/aromatic N) is 1. The molecular formula is C27H23Cl2NO5S. The zero-order valence-electron chi connectivity index (χ0n) is 19.6. The van der Waals surface area contributed by atoms with Crippen LogP contribution >= 0.6 is 35.0 Å². The third kappa shape index (κ3) is 6.16. The van der Waals surface area contributed by atoms with Crippen LogP contribution in [0.25, 0.3) is 6.08 Å². The van der Waals surface area contributed by atoms with E-state index in [2.05, 4.69) is 0 Å². The molecule has 1 saturated heterocycles. The zero-order valence-corrected chi connectivity index (χ0v) is 22.0. The second-order valence-electron chi connectivity index (χ2n) is 7.90. The maximum absolute atomic E-state index is 12.9. The Kier molecular flexibility index (Phi) is 8.46. The van der Waals surface area contributed by atoms with Crippen molar-refractivity contribution in [3.05, 3.63) is 92.3 Å². The summed E-state index contributed by atoms with van der Waals surface area (Å²) in [6.45, 7) is 2.47. The summed E-state index contributed by atoms with van der Waals surface area (Å²) in [5, 5.41) is 0.660. The molecule has 0 radical (unpaired) electrons. The predicted octanol–water partition coefficient (Wildman–Crippen LogP) is 7.00. The van der Waals surface area contributed by atoms with E-state index in [1.54, 1.807) is 42.5 Å². The number of imide groups is 1. The van der Waals surface area contributed by atoms with Crippen molar-refractivity contribution in [3.63, 3.8) is 0 Å². The highest BCUT2D eigenvalue weighted by molar-refractivity contribution is 8.18. The lowest BCUT2D eigenvalue weighted by Crippen LogP contribution is -2.32. The SMILES string of the molecule is COc1ccc(/C=C2\SC(=O)N(CCOc3cccc(C)c3)C2=O)cc1OCc1c(Cl)cccc1Cl. The molecule has 1 aliphatic rings. The van der Waals surface area contributed by atoms with Crippen LogP contribution in [0.4, 0.5) is 4.79 Å². The van der Waals surface area contributed by atoms with E-state index in [-0.39, 0.29) is 30.9 Å². The quantitative estimate of drug-likeness (QED) is 0.270. The number of carbonyl (C=O) groups excluding carboxylic acids is 2. The Labute approximate surface area is 223 Å². The van der Waals surface area contributed by atoms with E-state index < -0.39 is 0 Å². The third-order valence-electron chi connectivity index (χ3n) is 5.37. The topological polar surface area (TPSA) is 65.1 Å². The first-order valence-electron chi connectivity index (χ1n) is 11.0. The number of hydrogen-bond acceptors (Lipinski definition) is 6. The van der Waals surface area contributed by atoms with E-state index in [4.69, 9.17) is 37.4 Å². The first-order chi connectivity index (χ1) is 17.4. The van der Waals surface area contributed by atoms with Gasteiger partial charge in [0, 0.05) is 15.6 Å². The number of methoxy groups -OCH3 is 1. The molecule has 9 heteroatoms. The summed E-state index contributed by atoms with van der Waals surface area (Å²) in [7, 11) is 1.54. The fourth-order valence-corrected chi connectivity index (χ4v) is 4.89. The van der Waals surface area contributed by atoms with Crippen LogP contribution in [-0.2, 0) is 11.4 Å². The lowest BCUT2D eigenvalue weighted by atomic mass is 10.1. The van der Waals surface area contributed by atoms with Gasteiger partial charge in [0.05, 0.1) is 18.6 Å². The van der Waals surface area contributed by atoms with Gasteiger partial charge in [0.15, 0.2) is 11.5 Å². The molecule has 1 fully saturated rings. The molecule has 36 heavy (non-hydrogen) atoms. The van der Waals surface area contributed by atoms with E-state index in [0.29, 0.717) is 43.3 Å². The Bertz CT molecular complexity index is 1310. The van der Waals surface area contributed by atoms with Crippen LogP contribution in [0, 0.1) is 6.92 Å². The number of aryl methyl sites for hydroxylation is 1. The number of hydrogen-bond donors (Lipinski definition) is 0. The Hall–Kier alpha value is -3.13. The molecule has 0 unspecified atom stereocenters. The molecule has 0 atom stereocenters. The molecule has 6 nitrogen and oxygen atoms in total. The Morgan fingerprint density at radius 3 is 2.42 bits per heavy atom. The minimum absolute atomic E-state index is 0.135. The summed E-state index contributed by atoms with van der Waals surface area (Å²) in [6.07, 6.45) is 1.65. The Morgan fingerprint density at radius 2 is 1.69 bits per heavy atom. The summed E-state index contributed by atoms with van der Waals surface area (Å²) in [5.74, 6) is 1.30. The fourth-order valence-electron chi connectivity index (χ4n) is 3.52. The molecule has 0 aromatic heterocycles. The molecule has 3 aromatic carbocycles. The average Bonchev–Trinajstić information content (AvgIpc) is 3.11. The van der Waals surface area contributed by atoms with Gasteiger partial charge in [0.25, 0.3) is 11.1 Å². The first kappa shape index (κ1) is 25.9. The van der Waals surface area contributed by atoms with Crippen LogP contribution in [-0.4, -0.2) is 36.3 Å². The summed E-state index contributed by atoms with van der Waals surface area (Å²) < 4.78 is 17.0. The molecule has 2 amide bonds. The van der Waals surface area contributed by atoms with Crippen molar-refractivity contribution in [2.75, 3.05) is 20.3 Å². The van der Waals surface area contributed by atoms with Gasteiger partial charge in [-0.15, -0.1) is 0 Å². The molecule has 0 aliphatic carbocycles. The summed E-state index contributed by atoms with van der Waals surface area (Å²) in [6, 6.07) is 18.1. The van der Waals surface area contributed by atoms with Crippen molar-refractivity contribution < 1.29 is 23.8 Å². The molecule has 0 spiro atoms. The van der Waals surface area contributed by atoms with Crippen LogP contribution in [0.5, 0.6) is 17.2 Å². The number of ether oxygens (including phenoxy) is 3. The van der Waals surface area contributed by atoms with Crippen molar-refractivity contribution in [2.24, 2.45) is 0 Å². The molecule has 0 bridgehead atoms. The van der Waals surface area contributed by atoms with Crippen molar-refractivity contribution in [2.45, 2.75) is 13.5 Å². The van der Waals surface area contributed by atoms with E-state index in [1.165, 1.54) is 12.0 Å². The van der Waals surface area contributed by atoms with Gasteiger partial charge >= 0.3 is 0 Å². The lowest BCUT2D eigenvalue weighted by Gasteiger charge is -2.14. The van der Waals surface area contributed by atoms with E-state index in [0.717, 1.165) is 17.3 Å². The van der Waals surface area contributed by atoms with E-state index in [9.17, 15) is 9.59 Å². The minimum atomic E-state index is -0.362. The Morgan fingerprint density at radius 1 is 0.944 bits per heavy atom. The van der Waals surface area contributed by atoms with Crippen LogP contribution in [0.15, 0.2) is 65.6 Å². The smallest absolute Gasteiger partial charge is 0.293 e. The maximum Gasteiger partial charge on any atom is 0.293 e. The number of amides is 2. The number of benzene rings is 3. The van der Waals surface area contributed by atoms with Crippen molar-refractivity contribution in [1.29, 1.82) is 0 Å². The average molecular weight is 544 g/mol. The van der Waals surface area contributed by atoms with Gasteiger partial charge in [-0.2, -0.15) is 0 Å². The Balaban J connectivity index is 1.45. The van der Waals surface area contributed by atoms with Gasteiger partial charge in [-0.25, -0.2) is 0 Å². The van der Waals surface area contributed by atoms with Crippen LogP contribution < -0.4 is 14.2 Å². The lowest BCUT2D eigenvalue weighted by molar-refractivity contribution is -0.123. The minimum Gasteiger partial charge on any atom is -0.493 e.